The van der Waals surface area contributed by atoms with Crippen LogP contribution >= 0.6 is 0 Å². The first kappa shape index (κ1) is 16.6. The molecule has 0 aromatic heterocycles. The predicted octanol–water partition coefficient (Wildman–Crippen LogP) is 3.33. The topological polar surface area (TPSA) is 67.3 Å². The van der Waals surface area contributed by atoms with Gasteiger partial charge in [-0.25, -0.2) is 0 Å². The van der Waals surface area contributed by atoms with Crippen LogP contribution in [-0.2, 0) is 0 Å². The second-order valence-corrected chi connectivity index (χ2v) is 6.10. The number of nitrogens with one attached hydrogen (secondary N) is 1. The van der Waals surface area contributed by atoms with E-state index in [2.05, 4.69) is 48.3 Å². The van der Waals surface area contributed by atoms with Crippen molar-refractivity contribution < 1.29 is 0 Å². The molecule has 1 aliphatic heterocycles. The summed E-state index contributed by atoms with van der Waals surface area (Å²) >= 11 is 0. The van der Waals surface area contributed by atoms with Crippen LogP contribution in [0.15, 0.2) is 54.1 Å². The molecule has 0 aliphatic carbocycles. The van der Waals surface area contributed by atoms with Crippen LogP contribution in [-0.4, -0.2) is 19.3 Å². The predicted molar refractivity (Wildman–Crippen MR) is 103 cm³/mol. The van der Waals surface area contributed by atoms with E-state index in [-0.39, 0.29) is 12.2 Å². The van der Waals surface area contributed by atoms with Gasteiger partial charge in [-0.3, -0.25) is 0 Å². The molecular formula is C20H26N4. The van der Waals surface area contributed by atoms with Gasteiger partial charge in [-0.1, -0.05) is 30.3 Å². The summed E-state index contributed by atoms with van der Waals surface area (Å²) in [7, 11) is 0. The molecule has 1 heterocycles. The van der Waals surface area contributed by atoms with Crippen LogP contribution in [0.1, 0.15) is 31.0 Å². The highest BCUT2D eigenvalue weighted by atomic mass is 15.1. The standard InChI is InChI=1S/C20H26N4/c1-3-24(4-2)16-10-11-18-15(12-16)13-17(20(22)23-18)19(21)14-8-6-5-7-9-14/h5-13,19-20,23H,3-4,21-22H2,1-2H3. The van der Waals surface area contributed by atoms with Crippen LogP contribution in [0.4, 0.5) is 11.4 Å². The van der Waals surface area contributed by atoms with Crippen molar-refractivity contribution >= 4 is 17.5 Å². The largest absolute Gasteiger partial charge is 0.372 e. The number of nitrogens with zero attached hydrogens (tertiary/aromatic N) is 1. The first-order valence-corrected chi connectivity index (χ1v) is 8.57. The Bertz CT molecular complexity index is 720. The molecule has 24 heavy (non-hydrogen) atoms. The van der Waals surface area contributed by atoms with Crippen LogP contribution < -0.4 is 21.7 Å². The molecule has 0 spiro atoms. The third-order valence-corrected chi connectivity index (χ3v) is 4.67. The fraction of sp³-hybridized carbons (Fsp3) is 0.300. The molecule has 5 N–H and O–H groups in total. The summed E-state index contributed by atoms with van der Waals surface area (Å²) in [5.74, 6) is 0. The second-order valence-electron chi connectivity index (χ2n) is 6.10. The Morgan fingerprint density at radius 3 is 2.46 bits per heavy atom. The van der Waals surface area contributed by atoms with E-state index < -0.39 is 0 Å². The minimum atomic E-state index is -0.271. The number of hydrogen-bond donors (Lipinski definition) is 3. The molecule has 2 aromatic rings. The normalized spacial score (nSPS) is 17.5. The first-order chi connectivity index (χ1) is 11.6. The summed E-state index contributed by atoms with van der Waals surface area (Å²) in [5.41, 5.74) is 18.3. The maximum absolute atomic E-state index is 6.47. The lowest BCUT2D eigenvalue weighted by molar-refractivity contribution is 0.736. The molecule has 2 atom stereocenters. The number of fused-ring (bicyclic) bond motifs is 1. The molecule has 3 rings (SSSR count). The number of anilines is 2. The van der Waals surface area contributed by atoms with E-state index in [1.807, 2.05) is 30.3 Å². The molecule has 2 unspecified atom stereocenters. The van der Waals surface area contributed by atoms with Gasteiger partial charge in [0.1, 0.15) is 0 Å². The third kappa shape index (κ3) is 3.16. The maximum atomic E-state index is 6.47. The van der Waals surface area contributed by atoms with Gasteiger partial charge in [-0.15, -0.1) is 0 Å². The second kappa shape index (κ2) is 7.07. The van der Waals surface area contributed by atoms with E-state index in [9.17, 15) is 0 Å². The molecule has 0 fully saturated rings. The van der Waals surface area contributed by atoms with E-state index in [0.717, 1.165) is 35.5 Å². The van der Waals surface area contributed by atoms with Crippen molar-refractivity contribution in [3.05, 3.63) is 65.2 Å². The fourth-order valence-corrected chi connectivity index (χ4v) is 3.24. The molecule has 4 nitrogen and oxygen atoms in total. The maximum Gasteiger partial charge on any atom is 0.0987 e. The summed E-state index contributed by atoms with van der Waals surface area (Å²) in [4.78, 5) is 2.33. The lowest BCUT2D eigenvalue weighted by Crippen LogP contribution is -2.38. The highest BCUT2D eigenvalue weighted by Gasteiger charge is 2.23. The van der Waals surface area contributed by atoms with Crippen LogP contribution in [0.25, 0.3) is 6.08 Å². The van der Waals surface area contributed by atoms with Gasteiger partial charge in [0.15, 0.2) is 0 Å². The fourth-order valence-electron chi connectivity index (χ4n) is 3.24. The van der Waals surface area contributed by atoms with Crippen molar-refractivity contribution in [3.63, 3.8) is 0 Å². The first-order valence-electron chi connectivity index (χ1n) is 8.57. The average molecular weight is 322 g/mol. The van der Waals surface area contributed by atoms with Gasteiger partial charge in [0.2, 0.25) is 0 Å². The summed E-state index contributed by atoms with van der Waals surface area (Å²) in [6.07, 6.45) is 1.87. The molecule has 126 valence electrons. The number of rotatable bonds is 5. The molecule has 0 amide bonds. The minimum Gasteiger partial charge on any atom is -0.372 e. The Morgan fingerprint density at radius 2 is 1.79 bits per heavy atom. The van der Waals surface area contributed by atoms with Crippen LogP contribution in [0.5, 0.6) is 0 Å². The van der Waals surface area contributed by atoms with E-state index in [1.165, 1.54) is 5.69 Å². The number of hydrogen-bond acceptors (Lipinski definition) is 4. The monoisotopic (exact) mass is 322 g/mol. The lowest BCUT2D eigenvalue weighted by Gasteiger charge is -2.30. The quantitative estimate of drug-likeness (QED) is 0.790. The minimum absolute atomic E-state index is 0.209. The van der Waals surface area contributed by atoms with E-state index in [1.54, 1.807) is 0 Å². The number of benzene rings is 2. The van der Waals surface area contributed by atoms with Gasteiger partial charge in [-0.2, -0.15) is 0 Å². The average Bonchev–Trinajstić information content (AvgIpc) is 2.62. The molecule has 1 aliphatic rings. The van der Waals surface area contributed by atoms with Gasteiger partial charge in [0.05, 0.1) is 12.2 Å². The SMILES string of the molecule is CCN(CC)c1ccc2c(c1)C=C(C(N)c1ccccc1)C(N)N2. The van der Waals surface area contributed by atoms with Crippen LogP contribution in [0.3, 0.4) is 0 Å². The zero-order valence-corrected chi connectivity index (χ0v) is 14.4. The summed E-state index contributed by atoms with van der Waals surface area (Å²) in [6, 6.07) is 16.3. The van der Waals surface area contributed by atoms with Crippen molar-refractivity contribution in [2.45, 2.75) is 26.1 Å². The molecule has 0 radical (unpaired) electrons. The van der Waals surface area contributed by atoms with Gasteiger partial charge < -0.3 is 21.7 Å². The van der Waals surface area contributed by atoms with E-state index >= 15 is 0 Å². The van der Waals surface area contributed by atoms with Crippen molar-refractivity contribution in [2.75, 3.05) is 23.3 Å². The smallest absolute Gasteiger partial charge is 0.0987 e. The summed E-state index contributed by atoms with van der Waals surface area (Å²) in [5, 5.41) is 3.37. The molecule has 2 aromatic carbocycles. The molecular weight excluding hydrogens is 296 g/mol. The van der Waals surface area contributed by atoms with Crippen molar-refractivity contribution in [2.24, 2.45) is 11.5 Å². The molecule has 0 bridgehead atoms. The summed E-state index contributed by atoms with van der Waals surface area (Å²) < 4.78 is 0. The Kier molecular flexibility index (Phi) is 4.88. The molecule has 0 saturated heterocycles. The number of nitrogens with two attached hydrogens (primary N) is 2. The van der Waals surface area contributed by atoms with E-state index in [0.29, 0.717) is 0 Å². The molecule has 4 heteroatoms. The Morgan fingerprint density at radius 1 is 1.08 bits per heavy atom. The van der Waals surface area contributed by atoms with Crippen molar-refractivity contribution in [1.82, 2.24) is 0 Å². The van der Waals surface area contributed by atoms with Crippen molar-refractivity contribution in [3.8, 4) is 0 Å². The van der Waals surface area contributed by atoms with Gasteiger partial charge in [-0.05, 0) is 54.8 Å². The van der Waals surface area contributed by atoms with Crippen molar-refractivity contribution in [1.29, 1.82) is 0 Å². The van der Waals surface area contributed by atoms with Gasteiger partial charge in [0.25, 0.3) is 0 Å². The Labute approximate surface area is 144 Å². The zero-order chi connectivity index (χ0) is 17.1. The van der Waals surface area contributed by atoms with Crippen LogP contribution in [0, 0.1) is 0 Å². The highest BCUT2D eigenvalue weighted by Crippen LogP contribution is 2.33. The van der Waals surface area contributed by atoms with Crippen LogP contribution in [0.2, 0.25) is 0 Å². The third-order valence-electron chi connectivity index (χ3n) is 4.67. The van der Waals surface area contributed by atoms with E-state index in [4.69, 9.17) is 11.5 Å². The lowest BCUT2D eigenvalue weighted by atomic mass is 9.92. The Hall–Kier alpha value is -2.30. The Balaban J connectivity index is 1.97. The van der Waals surface area contributed by atoms with Gasteiger partial charge in [0, 0.05) is 24.5 Å². The summed E-state index contributed by atoms with van der Waals surface area (Å²) in [6.45, 7) is 6.32. The van der Waals surface area contributed by atoms with Gasteiger partial charge >= 0.3 is 0 Å². The zero-order valence-electron chi connectivity index (χ0n) is 14.4. The highest BCUT2D eigenvalue weighted by molar-refractivity contribution is 5.77. The molecule has 0 saturated carbocycles.